The number of aromatic nitrogens is 1. The van der Waals surface area contributed by atoms with Crippen molar-refractivity contribution in [1.82, 2.24) is 9.47 Å². The van der Waals surface area contributed by atoms with Gasteiger partial charge < -0.3 is 33.7 Å². The molecule has 1 aromatic heterocycles. The number of halogens is 3. The molecule has 0 bridgehead atoms. The van der Waals surface area contributed by atoms with Crippen molar-refractivity contribution in [3.63, 3.8) is 0 Å². The summed E-state index contributed by atoms with van der Waals surface area (Å²) in [5.41, 5.74) is -1.91. The van der Waals surface area contributed by atoms with Crippen molar-refractivity contribution < 1.29 is 51.9 Å². The van der Waals surface area contributed by atoms with Crippen LogP contribution in [0.15, 0.2) is 66.9 Å². The fourth-order valence-electron chi connectivity index (χ4n) is 6.35. The summed E-state index contributed by atoms with van der Waals surface area (Å²) < 4.78 is 69.0. The van der Waals surface area contributed by atoms with Crippen LogP contribution in [0, 0.1) is 0 Å². The van der Waals surface area contributed by atoms with Gasteiger partial charge in [0.2, 0.25) is 11.4 Å². The number of benzene rings is 3. The first-order valence-electron chi connectivity index (χ1n) is 16.4. The Morgan fingerprint density at radius 2 is 1.60 bits per heavy atom. The summed E-state index contributed by atoms with van der Waals surface area (Å²) in [6, 6.07) is 16.6. The Hall–Kier alpha value is -4.75. The second-order valence-electron chi connectivity index (χ2n) is 12.3. The van der Waals surface area contributed by atoms with Crippen LogP contribution in [0.2, 0.25) is 0 Å². The van der Waals surface area contributed by atoms with Crippen molar-refractivity contribution in [2.24, 2.45) is 0 Å². The van der Waals surface area contributed by atoms with Gasteiger partial charge in [-0.25, -0.2) is 4.79 Å². The maximum atomic E-state index is 15.0. The molecule has 1 unspecified atom stereocenters. The second-order valence-corrected chi connectivity index (χ2v) is 12.3. The Bertz CT molecular complexity index is 1780. The summed E-state index contributed by atoms with van der Waals surface area (Å²) in [5.74, 6) is -0.473. The maximum Gasteiger partial charge on any atom is 0.422 e. The molecule has 1 saturated heterocycles. The highest BCUT2D eigenvalue weighted by Crippen LogP contribution is 2.45. The monoisotopic (exact) mass is 698 g/mol. The van der Waals surface area contributed by atoms with Gasteiger partial charge in [0.05, 0.1) is 26.4 Å². The number of methoxy groups -OCH3 is 2. The van der Waals surface area contributed by atoms with E-state index in [2.05, 4.69) is 0 Å². The number of carbonyl (C=O) groups excluding carboxylic acids is 1. The van der Waals surface area contributed by atoms with Crippen LogP contribution in [0.4, 0.5) is 13.2 Å². The zero-order valence-corrected chi connectivity index (χ0v) is 28.2. The normalized spacial score (nSPS) is 15.4. The van der Waals surface area contributed by atoms with Crippen molar-refractivity contribution in [2.45, 2.75) is 57.0 Å². The smallest absolute Gasteiger partial charge is 0.422 e. The molecule has 0 saturated carbocycles. The van der Waals surface area contributed by atoms with Gasteiger partial charge in [0.15, 0.2) is 11.5 Å². The van der Waals surface area contributed by atoms with Gasteiger partial charge in [0.1, 0.15) is 6.10 Å². The van der Waals surface area contributed by atoms with Crippen LogP contribution in [0.3, 0.4) is 0 Å². The van der Waals surface area contributed by atoms with Crippen molar-refractivity contribution in [3.05, 3.63) is 89.1 Å². The van der Waals surface area contributed by atoms with Crippen molar-refractivity contribution in [3.8, 4) is 17.2 Å². The molecule has 1 fully saturated rings. The Morgan fingerprint density at radius 3 is 2.18 bits per heavy atom. The molecule has 10 nitrogen and oxygen atoms in total. The third kappa shape index (κ3) is 8.00. The zero-order chi connectivity index (χ0) is 36.1. The van der Waals surface area contributed by atoms with Gasteiger partial charge in [-0.1, -0.05) is 30.3 Å². The van der Waals surface area contributed by atoms with Gasteiger partial charge >= 0.3 is 18.1 Å². The van der Waals surface area contributed by atoms with Crippen LogP contribution >= 0.6 is 0 Å². The van der Waals surface area contributed by atoms with E-state index in [1.165, 1.54) is 38.6 Å². The molecule has 2 N–H and O–H groups in total. The van der Waals surface area contributed by atoms with Crippen LogP contribution < -0.4 is 14.2 Å². The molecule has 268 valence electrons. The highest BCUT2D eigenvalue weighted by atomic mass is 19.4. The lowest BCUT2D eigenvalue weighted by molar-refractivity contribution is -0.272. The molecular formula is C37H41F3N2O8. The van der Waals surface area contributed by atoms with Gasteiger partial charge in [-0.15, -0.1) is 0 Å². The zero-order valence-electron chi connectivity index (χ0n) is 28.2. The molecule has 3 aromatic carbocycles. The quantitative estimate of drug-likeness (QED) is 0.149. The number of esters is 1. The van der Waals surface area contributed by atoms with E-state index in [0.29, 0.717) is 48.6 Å². The number of β-amino-alcohol motifs (C(OH)–C–C–N with tert-alkyl or cyclic N) is 1. The molecule has 0 radical (unpaired) electrons. The topological polar surface area (TPSA) is 120 Å². The van der Waals surface area contributed by atoms with Crippen LogP contribution in [0.25, 0.3) is 10.9 Å². The highest BCUT2D eigenvalue weighted by Gasteiger charge is 2.57. The fraction of sp³-hybridized carbons (Fsp3) is 0.405. The number of aryl methyl sites for hydroxylation is 1. The second kappa shape index (κ2) is 15.4. The number of hydrogen-bond donors (Lipinski definition) is 2. The van der Waals surface area contributed by atoms with E-state index in [1.54, 1.807) is 28.5 Å². The van der Waals surface area contributed by atoms with Gasteiger partial charge in [-0.05, 0) is 67.6 Å². The number of carboxylic acid groups (broad SMARTS) is 1. The van der Waals surface area contributed by atoms with E-state index in [0.717, 1.165) is 11.1 Å². The lowest BCUT2D eigenvalue weighted by Crippen LogP contribution is -2.53. The standard InChI is InChI=1S/C37H41F3N2O8/c1-4-49-33(43)13-10-25-18-31(47-2)34(32(19-25)48-3)50-27-14-16-41(17-15-27)23-36(46,37(38,39)40)29-22-42(21-24-8-6-5-7-9-24)30-12-11-26(35(44)45)20-28(29)30/h5-9,11-12,18-20,22,27,46H,4,10,13-17,21,23H2,1-3H3,(H,44,45). The fourth-order valence-corrected chi connectivity index (χ4v) is 6.35. The van der Waals surface area contributed by atoms with E-state index in [4.69, 9.17) is 18.9 Å². The maximum absolute atomic E-state index is 15.0. The summed E-state index contributed by atoms with van der Waals surface area (Å²) in [4.78, 5) is 25.2. The number of fused-ring (bicyclic) bond motifs is 1. The molecule has 0 spiro atoms. The summed E-state index contributed by atoms with van der Waals surface area (Å²) >= 11 is 0. The Kier molecular flexibility index (Phi) is 11.3. The Balaban J connectivity index is 1.36. The lowest BCUT2D eigenvalue weighted by Gasteiger charge is -2.39. The van der Waals surface area contributed by atoms with E-state index in [-0.39, 0.29) is 49.1 Å². The lowest BCUT2D eigenvalue weighted by atomic mass is 9.90. The van der Waals surface area contributed by atoms with Crippen LogP contribution in [-0.2, 0) is 28.1 Å². The van der Waals surface area contributed by atoms with E-state index < -0.39 is 29.9 Å². The number of likely N-dealkylation sites (tertiary alicyclic amines) is 1. The number of aromatic carboxylic acids is 1. The average Bonchev–Trinajstić information content (AvgIpc) is 3.46. The van der Waals surface area contributed by atoms with Crippen LogP contribution in [0.1, 0.15) is 53.2 Å². The minimum absolute atomic E-state index is 0.0174. The number of piperidine rings is 1. The van der Waals surface area contributed by atoms with Crippen molar-refractivity contribution >= 4 is 22.8 Å². The SMILES string of the molecule is CCOC(=O)CCc1cc(OC)c(OC2CCN(CC(O)(c3cn(Cc4ccccc4)c4ccc(C(=O)O)cc34)C(F)(F)F)CC2)c(OC)c1. The van der Waals surface area contributed by atoms with E-state index >= 15 is 0 Å². The highest BCUT2D eigenvalue weighted by molar-refractivity contribution is 5.95. The Labute approximate surface area is 287 Å². The number of ether oxygens (including phenoxy) is 4. The molecule has 0 aliphatic carbocycles. The molecule has 1 aliphatic rings. The average molecular weight is 699 g/mol. The largest absolute Gasteiger partial charge is 0.493 e. The molecular weight excluding hydrogens is 657 g/mol. The summed E-state index contributed by atoms with van der Waals surface area (Å²) in [7, 11) is 2.96. The molecule has 50 heavy (non-hydrogen) atoms. The molecule has 1 aliphatic heterocycles. The predicted octanol–water partition coefficient (Wildman–Crippen LogP) is 6.19. The first kappa shape index (κ1) is 36.5. The summed E-state index contributed by atoms with van der Waals surface area (Å²) in [6.45, 7) is 1.87. The molecule has 0 amide bonds. The van der Waals surface area contributed by atoms with E-state index in [1.807, 2.05) is 30.3 Å². The van der Waals surface area contributed by atoms with Gasteiger partial charge in [0.25, 0.3) is 0 Å². The minimum atomic E-state index is -5.08. The van der Waals surface area contributed by atoms with Crippen molar-refractivity contribution in [1.29, 1.82) is 0 Å². The predicted molar refractivity (Wildman–Crippen MR) is 179 cm³/mol. The van der Waals surface area contributed by atoms with Gasteiger partial charge in [-0.3, -0.25) is 9.69 Å². The number of alkyl halides is 3. The molecule has 5 rings (SSSR count). The molecule has 4 aromatic rings. The van der Waals surface area contributed by atoms with Crippen LogP contribution in [0.5, 0.6) is 17.2 Å². The molecule has 1 atom stereocenters. The Morgan fingerprint density at radius 1 is 0.940 bits per heavy atom. The minimum Gasteiger partial charge on any atom is -0.493 e. The third-order valence-corrected chi connectivity index (χ3v) is 8.95. The first-order valence-corrected chi connectivity index (χ1v) is 16.4. The number of carbonyl (C=O) groups is 2. The summed E-state index contributed by atoms with van der Waals surface area (Å²) in [6.07, 6.45) is -2.91. The summed E-state index contributed by atoms with van der Waals surface area (Å²) in [5, 5.41) is 21.3. The van der Waals surface area contributed by atoms with Gasteiger partial charge in [0, 0.05) is 55.3 Å². The number of carboxylic acids is 1. The van der Waals surface area contributed by atoms with Crippen LogP contribution in [-0.4, -0.2) is 84.4 Å². The van der Waals surface area contributed by atoms with E-state index in [9.17, 15) is 33.0 Å². The first-order chi connectivity index (χ1) is 23.9. The third-order valence-electron chi connectivity index (χ3n) is 8.95. The molecule has 2 heterocycles. The number of rotatable bonds is 14. The van der Waals surface area contributed by atoms with Gasteiger partial charge in [-0.2, -0.15) is 13.2 Å². The number of aliphatic hydroxyl groups is 1. The number of nitrogens with zero attached hydrogens (tertiary/aromatic N) is 2. The molecule has 13 heteroatoms. The van der Waals surface area contributed by atoms with Crippen molar-refractivity contribution in [2.75, 3.05) is 40.5 Å². The number of hydrogen-bond acceptors (Lipinski definition) is 8.